The number of rotatable bonds is 2. The van der Waals surface area contributed by atoms with Gasteiger partial charge in [0.25, 0.3) is 0 Å². The number of carbonyl (C=O) groups is 2. The van der Waals surface area contributed by atoms with Crippen molar-refractivity contribution < 1.29 is 19.4 Å². The summed E-state index contributed by atoms with van der Waals surface area (Å²) in [5, 5.41) is 8.85. The molecule has 2 aliphatic rings. The number of carboxylic acids is 1. The van der Waals surface area contributed by atoms with E-state index in [0.29, 0.717) is 32.8 Å². The zero-order chi connectivity index (χ0) is 15.2. The molecule has 120 valence electrons. The van der Waals surface area contributed by atoms with Crippen LogP contribution >= 0.6 is 0 Å². The molecule has 0 aromatic carbocycles. The van der Waals surface area contributed by atoms with E-state index in [1.165, 1.54) is 0 Å². The molecule has 7 nitrogen and oxygen atoms in total. The van der Waals surface area contributed by atoms with Crippen LogP contribution in [0.4, 0.5) is 4.79 Å². The van der Waals surface area contributed by atoms with Crippen molar-refractivity contribution in [1.82, 2.24) is 14.7 Å². The van der Waals surface area contributed by atoms with Gasteiger partial charge in [-0.05, 0) is 19.8 Å². The van der Waals surface area contributed by atoms with E-state index in [0.717, 1.165) is 25.9 Å². The summed E-state index contributed by atoms with van der Waals surface area (Å²) in [6.07, 6.45) is 1.76. The fourth-order valence-electron chi connectivity index (χ4n) is 2.88. The summed E-state index contributed by atoms with van der Waals surface area (Å²) in [5.74, 6) is -0.812. The number of carbonyl (C=O) groups excluding carboxylic acids is 1. The molecule has 2 saturated heterocycles. The van der Waals surface area contributed by atoms with E-state index >= 15 is 0 Å². The third-order valence-electron chi connectivity index (χ3n) is 3.94. The number of aliphatic carboxylic acids is 1. The topological polar surface area (TPSA) is 73.3 Å². The molecule has 1 atom stereocenters. The predicted octanol–water partition coefficient (Wildman–Crippen LogP) is 0.310. The highest BCUT2D eigenvalue weighted by Gasteiger charge is 2.26. The standard InChI is InChI=1S/C14H25N3O4/c1-12-10-17(6-3-9-21-12)14(20)16-5-2-4-15(7-8-16)11-13(18)19/h12H,2-11H2,1H3,(H,18,19). The molecule has 2 amide bonds. The van der Waals surface area contributed by atoms with Crippen molar-refractivity contribution in [3.8, 4) is 0 Å². The molecule has 0 bridgehead atoms. The maximum atomic E-state index is 12.6. The summed E-state index contributed by atoms with van der Waals surface area (Å²) in [6, 6.07) is 0.0597. The first-order chi connectivity index (χ1) is 10.1. The molecule has 0 saturated carbocycles. The molecule has 0 spiro atoms. The van der Waals surface area contributed by atoms with Crippen molar-refractivity contribution in [2.75, 3.05) is 52.4 Å². The van der Waals surface area contributed by atoms with E-state index < -0.39 is 5.97 Å². The number of urea groups is 1. The summed E-state index contributed by atoms with van der Waals surface area (Å²) in [7, 11) is 0. The Morgan fingerprint density at radius 1 is 1.10 bits per heavy atom. The molecule has 7 heteroatoms. The van der Waals surface area contributed by atoms with Crippen LogP contribution in [0.15, 0.2) is 0 Å². The first-order valence-corrected chi connectivity index (χ1v) is 7.66. The lowest BCUT2D eigenvalue weighted by Crippen LogP contribution is -2.46. The molecule has 0 aromatic heterocycles. The lowest BCUT2D eigenvalue weighted by atomic mass is 10.3. The second kappa shape index (κ2) is 7.61. The number of nitrogens with zero attached hydrogens (tertiary/aromatic N) is 3. The molecule has 1 unspecified atom stereocenters. The second-order valence-electron chi connectivity index (χ2n) is 5.77. The van der Waals surface area contributed by atoms with E-state index in [1.54, 1.807) is 0 Å². The van der Waals surface area contributed by atoms with E-state index in [-0.39, 0.29) is 18.7 Å². The highest BCUT2D eigenvalue weighted by atomic mass is 16.5. The molecular formula is C14H25N3O4. The van der Waals surface area contributed by atoms with Crippen LogP contribution in [0.1, 0.15) is 19.8 Å². The van der Waals surface area contributed by atoms with Crippen LogP contribution in [0, 0.1) is 0 Å². The van der Waals surface area contributed by atoms with Gasteiger partial charge in [-0.3, -0.25) is 9.69 Å². The second-order valence-corrected chi connectivity index (χ2v) is 5.77. The summed E-state index contributed by atoms with van der Waals surface area (Å²) in [6.45, 7) is 6.76. The van der Waals surface area contributed by atoms with Gasteiger partial charge >= 0.3 is 12.0 Å². The van der Waals surface area contributed by atoms with Crippen LogP contribution in [0.3, 0.4) is 0 Å². The lowest BCUT2D eigenvalue weighted by molar-refractivity contribution is -0.138. The minimum Gasteiger partial charge on any atom is -0.480 e. The smallest absolute Gasteiger partial charge is 0.320 e. The Balaban J connectivity index is 1.88. The Hall–Kier alpha value is -1.34. The number of hydrogen-bond donors (Lipinski definition) is 1. The zero-order valence-corrected chi connectivity index (χ0v) is 12.7. The Labute approximate surface area is 125 Å². The normalized spacial score (nSPS) is 25.3. The minimum absolute atomic E-state index is 0.0522. The molecule has 2 aliphatic heterocycles. The fraction of sp³-hybridized carbons (Fsp3) is 0.857. The number of carboxylic acid groups (broad SMARTS) is 1. The van der Waals surface area contributed by atoms with Gasteiger partial charge in [-0.15, -0.1) is 0 Å². The van der Waals surface area contributed by atoms with Gasteiger partial charge in [-0.2, -0.15) is 0 Å². The monoisotopic (exact) mass is 299 g/mol. The van der Waals surface area contributed by atoms with Gasteiger partial charge in [0.15, 0.2) is 0 Å². The molecule has 0 aromatic rings. The molecule has 2 fully saturated rings. The Kier molecular flexibility index (Phi) is 5.81. The number of hydrogen-bond acceptors (Lipinski definition) is 4. The van der Waals surface area contributed by atoms with Gasteiger partial charge in [-0.25, -0.2) is 4.79 Å². The summed E-state index contributed by atoms with van der Waals surface area (Å²) < 4.78 is 5.57. The highest BCUT2D eigenvalue weighted by Crippen LogP contribution is 2.11. The summed E-state index contributed by atoms with van der Waals surface area (Å²) in [4.78, 5) is 29.0. The average molecular weight is 299 g/mol. The highest BCUT2D eigenvalue weighted by molar-refractivity contribution is 5.74. The lowest BCUT2D eigenvalue weighted by Gasteiger charge is -2.29. The first-order valence-electron chi connectivity index (χ1n) is 7.66. The number of amides is 2. The van der Waals surface area contributed by atoms with Crippen molar-refractivity contribution in [2.45, 2.75) is 25.9 Å². The van der Waals surface area contributed by atoms with Crippen molar-refractivity contribution in [2.24, 2.45) is 0 Å². The van der Waals surface area contributed by atoms with E-state index in [1.807, 2.05) is 21.6 Å². The number of ether oxygens (including phenoxy) is 1. The average Bonchev–Trinajstić information content (AvgIpc) is 2.78. The van der Waals surface area contributed by atoms with Crippen LogP contribution in [0.2, 0.25) is 0 Å². The van der Waals surface area contributed by atoms with Gasteiger partial charge in [-0.1, -0.05) is 0 Å². The first kappa shape index (κ1) is 16.0. The molecule has 2 heterocycles. The van der Waals surface area contributed by atoms with Gasteiger partial charge in [0.05, 0.1) is 12.6 Å². The minimum atomic E-state index is -0.812. The maximum Gasteiger partial charge on any atom is 0.320 e. The van der Waals surface area contributed by atoms with Gasteiger partial charge in [0.2, 0.25) is 0 Å². The van der Waals surface area contributed by atoms with Crippen LogP contribution in [-0.4, -0.2) is 90.3 Å². The van der Waals surface area contributed by atoms with Gasteiger partial charge < -0.3 is 19.6 Å². The van der Waals surface area contributed by atoms with Crippen molar-refractivity contribution in [3.63, 3.8) is 0 Å². The van der Waals surface area contributed by atoms with Crippen LogP contribution in [0.5, 0.6) is 0 Å². The summed E-state index contributed by atoms with van der Waals surface area (Å²) >= 11 is 0. The fourth-order valence-corrected chi connectivity index (χ4v) is 2.88. The largest absolute Gasteiger partial charge is 0.480 e. The zero-order valence-electron chi connectivity index (χ0n) is 12.7. The Morgan fingerprint density at radius 3 is 2.62 bits per heavy atom. The molecule has 0 radical (unpaired) electrons. The van der Waals surface area contributed by atoms with Gasteiger partial charge in [0, 0.05) is 45.9 Å². The Morgan fingerprint density at radius 2 is 1.86 bits per heavy atom. The van der Waals surface area contributed by atoms with Gasteiger partial charge in [0.1, 0.15) is 0 Å². The van der Waals surface area contributed by atoms with Crippen molar-refractivity contribution in [1.29, 1.82) is 0 Å². The predicted molar refractivity (Wildman–Crippen MR) is 77.3 cm³/mol. The molecule has 1 N–H and O–H groups in total. The Bertz CT molecular complexity index is 377. The van der Waals surface area contributed by atoms with Crippen molar-refractivity contribution in [3.05, 3.63) is 0 Å². The molecule has 21 heavy (non-hydrogen) atoms. The SMILES string of the molecule is CC1CN(C(=O)N2CCCN(CC(=O)O)CC2)CCCO1. The van der Waals surface area contributed by atoms with Crippen LogP contribution < -0.4 is 0 Å². The summed E-state index contributed by atoms with van der Waals surface area (Å²) in [5.41, 5.74) is 0. The molecule has 0 aliphatic carbocycles. The molecular weight excluding hydrogens is 274 g/mol. The third kappa shape index (κ3) is 4.86. The van der Waals surface area contributed by atoms with Crippen molar-refractivity contribution >= 4 is 12.0 Å². The third-order valence-corrected chi connectivity index (χ3v) is 3.94. The quantitative estimate of drug-likeness (QED) is 0.794. The maximum absolute atomic E-state index is 12.6. The molecule has 2 rings (SSSR count). The van der Waals surface area contributed by atoms with E-state index in [4.69, 9.17) is 9.84 Å². The van der Waals surface area contributed by atoms with E-state index in [2.05, 4.69) is 0 Å². The van der Waals surface area contributed by atoms with E-state index in [9.17, 15) is 9.59 Å². The van der Waals surface area contributed by atoms with Crippen LogP contribution in [0.25, 0.3) is 0 Å². The van der Waals surface area contributed by atoms with Crippen LogP contribution in [-0.2, 0) is 9.53 Å².